The van der Waals surface area contributed by atoms with Crippen molar-refractivity contribution in [2.75, 3.05) is 6.54 Å². The molecule has 19 heavy (non-hydrogen) atoms. The van der Waals surface area contributed by atoms with Crippen LogP contribution in [0.1, 0.15) is 49.9 Å². The van der Waals surface area contributed by atoms with Crippen LogP contribution in [0.3, 0.4) is 0 Å². The van der Waals surface area contributed by atoms with Crippen LogP contribution >= 0.6 is 0 Å². The van der Waals surface area contributed by atoms with Crippen molar-refractivity contribution in [1.29, 1.82) is 0 Å². The summed E-state index contributed by atoms with van der Waals surface area (Å²) in [5, 5.41) is 0. The lowest BCUT2D eigenvalue weighted by Gasteiger charge is -2.30. The minimum atomic E-state index is -0.667. The predicted octanol–water partition coefficient (Wildman–Crippen LogP) is 3.26. The molecule has 0 atom stereocenters. The number of nitrogens with zero attached hydrogens (tertiary/aromatic N) is 2. The first-order valence-corrected chi connectivity index (χ1v) is 7.01. The van der Waals surface area contributed by atoms with Gasteiger partial charge in [0.15, 0.2) is 0 Å². The Bertz CT molecular complexity index is 442. The fourth-order valence-electron chi connectivity index (χ4n) is 2.71. The molecule has 104 valence electrons. The highest BCUT2D eigenvalue weighted by molar-refractivity contribution is 5.94. The van der Waals surface area contributed by atoms with Gasteiger partial charge in [0.1, 0.15) is 0 Å². The van der Waals surface area contributed by atoms with E-state index in [9.17, 15) is 9.18 Å². The number of hydrogen-bond acceptors (Lipinski definition) is 2. The van der Waals surface area contributed by atoms with Gasteiger partial charge >= 0.3 is 0 Å². The third-order valence-corrected chi connectivity index (χ3v) is 3.58. The number of amides is 1. The molecule has 0 aromatic carbocycles. The van der Waals surface area contributed by atoms with E-state index >= 15 is 0 Å². The second kappa shape index (κ2) is 6.13. The summed E-state index contributed by atoms with van der Waals surface area (Å²) in [4.78, 5) is 18.0. The fraction of sp³-hybridized carbons (Fsp3) is 0.600. The predicted molar refractivity (Wildman–Crippen MR) is 72.3 cm³/mol. The highest BCUT2D eigenvalue weighted by Crippen LogP contribution is 2.26. The third kappa shape index (κ3) is 3.31. The number of aromatic nitrogens is 1. The normalized spacial score (nSPS) is 16.0. The standard InChI is InChI=1S/C15H21FN2O/c1-11(2)10-18(12-6-3-4-7-12)15(19)13-8-5-9-17-14(13)16/h5,8-9,11-12H,3-4,6-7,10H2,1-2H3. The van der Waals surface area contributed by atoms with E-state index in [4.69, 9.17) is 0 Å². The molecule has 1 saturated carbocycles. The first-order valence-electron chi connectivity index (χ1n) is 7.01. The number of rotatable bonds is 4. The molecule has 0 spiro atoms. The number of pyridine rings is 1. The number of carbonyl (C=O) groups is 1. The van der Waals surface area contributed by atoms with Crippen LogP contribution < -0.4 is 0 Å². The van der Waals surface area contributed by atoms with Gasteiger partial charge in [-0.2, -0.15) is 4.39 Å². The summed E-state index contributed by atoms with van der Waals surface area (Å²) in [6.45, 7) is 4.83. The quantitative estimate of drug-likeness (QED) is 0.782. The van der Waals surface area contributed by atoms with Crippen molar-refractivity contribution in [2.45, 2.75) is 45.6 Å². The van der Waals surface area contributed by atoms with Crippen LogP contribution in [0, 0.1) is 11.9 Å². The lowest BCUT2D eigenvalue weighted by atomic mass is 10.1. The Morgan fingerprint density at radius 2 is 2.16 bits per heavy atom. The lowest BCUT2D eigenvalue weighted by molar-refractivity contribution is 0.0649. The zero-order valence-electron chi connectivity index (χ0n) is 11.6. The van der Waals surface area contributed by atoms with Gasteiger partial charge in [-0.1, -0.05) is 26.7 Å². The van der Waals surface area contributed by atoms with Gasteiger partial charge in [0.05, 0.1) is 5.56 Å². The monoisotopic (exact) mass is 264 g/mol. The van der Waals surface area contributed by atoms with E-state index < -0.39 is 5.95 Å². The summed E-state index contributed by atoms with van der Waals surface area (Å²) in [5.74, 6) is -0.505. The van der Waals surface area contributed by atoms with Crippen molar-refractivity contribution in [3.63, 3.8) is 0 Å². The van der Waals surface area contributed by atoms with Crippen LogP contribution in [0.4, 0.5) is 4.39 Å². The topological polar surface area (TPSA) is 33.2 Å². The number of halogens is 1. The minimum absolute atomic E-state index is 0.0926. The smallest absolute Gasteiger partial charge is 0.258 e. The van der Waals surface area contributed by atoms with Crippen molar-refractivity contribution >= 4 is 5.91 Å². The van der Waals surface area contributed by atoms with Crippen molar-refractivity contribution < 1.29 is 9.18 Å². The van der Waals surface area contributed by atoms with Gasteiger partial charge in [-0.3, -0.25) is 4.79 Å². The number of hydrogen-bond donors (Lipinski definition) is 0. The molecule has 0 radical (unpaired) electrons. The Morgan fingerprint density at radius 3 is 2.74 bits per heavy atom. The van der Waals surface area contributed by atoms with E-state index in [2.05, 4.69) is 18.8 Å². The van der Waals surface area contributed by atoms with Crippen molar-refractivity contribution in [2.24, 2.45) is 5.92 Å². The Hall–Kier alpha value is -1.45. The molecule has 0 bridgehead atoms. The highest BCUT2D eigenvalue weighted by Gasteiger charge is 2.29. The average molecular weight is 264 g/mol. The van der Waals surface area contributed by atoms with E-state index in [-0.39, 0.29) is 17.5 Å². The summed E-state index contributed by atoms with van der Waals surface area (Å²) < 4.78 is 13.7. The Kier molecular flexibility index (Phi) is 4.51. The second-order valence-corrected chi connectivity index (χ2v) is 5.63. The summed E-state index contributed by atoms with van der Waals surface area (Å²) in [6.07, 6.45) is 5.74. The summed E-state index contributed by atoms with van der Waals surface area (Å²) in [5.41, 5.74) is 0.0926. The van der Waals surface area contributed by atoms with Gasteiger partial charge in [0, 0.05) is 18.8 Å². The molecule has 1 aromatic heterocycles. The van der Waals surface area contributed by atoms with Crippen LogP contribution in [0.2, 0.25) is 0 Å². The van der Waals surface area contributed by atoms with Crippen molar-refractivity contribution in [1.82, 2.24) is 9.88 Å². The van der Waals surface area contributed by atoms with Gasteiger partial charge in [-0.15, -0.1) is 0 Å². The summed E-state index contributed by atoms with van der Waals surface area (Å²) in [6, 6.07) is 3.39. The Morgan fingerprint density at radius 1 is 1.47 bits per heavy atom. The van der Waals surface area contributed by atoms with E-state index in [1.807, 2.05) is 4.90 Å². The largest absolute Gasteiger partial charge is 0.335 e. The van der Waals surface area contributed by atoms with Gasteiger partial charge in [-0.25, -0.2) is 4.98 Å². The molecular weight excluding hydrogens is 243 g/mol. The molecule has 0 saturated heterocycles. The first-order chi connectivity index (χ1) is 9.09. The number of carbonyl (C=O) groups excluding carboxylic acids is 1. The molecule has 3 nitrogen and oxygen atoms in total. The maximum absolute atomic E-state index is 13.7. The molecule has 1 amide bonds. The van der Waals surface area contributed by atoms with Gasteiger partial charge in [0.2, 0.25) is 5.95 Å². The molecule has 0 aliphatic heterocycles. The second-order valence-electron chi connectivity index (χ2n) is 5.63. The van der Waals surface area contributed by atoms with Gasteiger partial charge < -0.3 is 4.90 Å². The molecule has 1 aromatic rings. The van der Waals surface area contributed by atoms with Crippen LogP contribution in [0.15, 0.2) is 18.3 Å². The third-order valence-electron chi connectivity index (χ3n) is 3.58. The fourth-order valence-corrected chi connectivity index (χ4v) is 2.71. The average Bonchev–Trinajstić information content (AvgIpc) is 2.89. The molecule has 1 aliphatic carbocycles. The van der Waals surface area contributed by atoms with E-state index in [1.165, 1.54) is 12.3 Å². The molecule has 0 unspecified atom stereocenters. The first kappa shape index (κ1) is 14.0. The summed E-state index contributed by atoms with van der Waals surface area (Å²) >= 11 is 0. The Balaban J connectivity index is 2.22. The van der Waals surface area contributed by atoms with Crippen molar-refractivity contribution in [3.05, 3.63) is 29.8 Å². The van der Waals surface area contributed by atoms with E-state index in [1.54, 1.807) is 6.07 Å². The molecule has 4 heteroatoms. The highest BCUT2D eigenvalue weighted by atomic mass is 19.1. The molecule has 1 heterocycles. The molecule has 1 aliphatic rings. The maximum atomic E-state index is 13.7. The summed E-state index contributed by atoms with van der Waals surface area (Å²) in [7, 11) is 0. The van der Waals surface area contributed by atoms with Gasteiger partial charge in [0.25, 0.3) is 5.91 Å². The molecule has 1 fully saturated rings. The SMILES string of the molecule is CC(C)CN(C(=O)c1cccnc1F)C1CCCC1. The minimum Gasteiger partial charge on any atom is -0.335 e. The van der Waals surface area contributed by atoms with Gasteiger partial charge in [-0.05, 0) is 30.9 Å². The Labute approximate surface area is 113 Å². The zero-order chi connectivity index (χ0) is 13.8. The van der Waals surface area contributed by atoms with Crippen LogP contribution in [-0.4, -0.2) is 28.4 Å². The van der Waals surface area contributed by atoms with Crippen LogP contribution in [0.25, 0.3) is 0 Å². The lowest BCUT2D eigenvalue weighted by Crippen LogP contribution is -2.41. The molecular formula is C15H21FN2O. The zero-order valence-corrected chi connectivity index (χ0v) is 11.6. The molecule has 2 rings (SSSR count). The van der Waals surface area contributed by atoms with E-state index in [0.29, 0.717) is 12.5 Å². The van der Waals surface area contributed by atoms with Crippen LogP contribution in [0.5, 0.6) is 0 Å². The van der Waals surface area contributed by atoms with E-state index in [0.717, 1.165) is 25.7 Å². The molecule has 0 N–H and O–H groups in total. The van der Waals surface area contributed by atoms with Crippen molar-refractivity contribution in [3.8, 4) is 0 Å². The maximum Gasteiger partial charge on any atom is 0.258 e. The van der Waals surface area contributed by atoms with Crippen LogP contribution in [-0.2, 0) is 0 Å².